The lowest BCUT2D eigenvalue weighted by atomic mass is 10.1. The van der Waals surface area contributed by atoms with Gasteiger partial charge in [0.25, 0.3) is 11.8 Å². The molecule has 0 aliphatic carbocycles. The Balaban J connectivity index is 2.08. The van der Waals surface area contributed by atoms with Gasteiger partial charge in [-0.15, -0.1) is 11.3 Å². The molecular weight excluding hydrogens is 340 g/mol. The molecule has 0 radical (unpaired) electrons. The molecule has 0 unspecified atom stereocenters. The number of aryl methyl sites for hydroxylation is 2. The van der Waals surface area contributed by atoms with Crippen molar-refractivity contribution in [3.8, 4) is 5.75 Å². The Morgan fingerprint density at radius 2 is 2.04 bits per heavy atom. The Morgan fingerprint density at radius 1 is 1.28 bits per heavy atom. The van der Waals surface area contributed by atoms with Crippen LogP contribution in [0.5, 0.6) is 5.75 Å². The minimum Gasteiger partial charge on any atom is -0.496 e. The molecule has 0 aliphatic heterocycles. The number of anilines is 1. The van der Waals surface area contributed by atoms with Crippen LogP contribution in [0.2, 0.25) is 0 Å². The number of hydrogen-bond acceptors (Lipinski definition) is 6. The van der Waals surface area contributed by atoms with Crippen molar-refractivity contribution in [3.63, 3.8) is 0 Å². The highest BCUT2D eigenvalue weighted by Gasteiger charge is 2.21. The third-order valence-electron chi connectivity index (χ3n) is 3.63. The molecule has 3 aromatic rings. The molecule has 25 heavy (non-hydrogen) atoms. The predicted octanol–water partition coefficient (Wildman–Crippen LogP) is 2.67. The van der Waals surface area contributed by atoms with Crippen molar-refractivity contribution >= 4 is 39.1 Å². The highest BCUT2D eigenvalue weighted by molar-refractivity contribution is 7.19. The van der Waals surface area contributed by atoms with Crippen molar-refractivity contribution in [2.75, 3.05) is 12.4 Å². The molecule has 0 saturated heterocycles. The SMILES string of the molecule is COc1ccc2nc(C)sc2c1C(=O)Nc1cnc(C)cc1C(N)=O. The van der Waals surface area contributed by atoms with Gasteiger partial charge in [0.2, 0.25) is 0 Å². The fraction of sp³-hybridized carbons (Fsp3) is 0.176. The minimum absolute atomic E-state index is 0.201. The second kappa shape index (κ2) is 6.48. The van der Waals surface area contributed by atoms with Crippen molar-refractivity contribution < 1.29 is 14.3 Å². The van der Waals surface area contributed by atoms with Gasteiger partial charge in [-0.25, -0.2) is 4.98 Å². The van der Waals surface area contributed by atoms with E-state index in [4.69, 9.17) is 10.5 Å². The maximum absolute atomic E-state index is 12.9. The normalized spacial score (nSPS) is 10.7. The lowest BCUT2D eigenvalue weighted by Crippen LogP contribution is -2.19. The molecule has 0 atom stereocenters. The van der Waals surface area contributed by atoms with Crippen molar-refractivity contribution in [1.82, 2.24) is 9.97 Å². The van der Waals surface area contributed by atoms with Crippen LogP contribution in [0.25, 0.3) is 10.2 Å². The van der Waals surface area contributed by atoms with Crippen LogP contribution in [0, 0.1) is 13.8 Å². The van der Waals surface area contributed by atoms with Gasteiger partial charge in [0.1, 0.15) is 11.3 Å². The van der Waals surface area contributed by atoms with Crippen molar-refractivity contribution in [2.45, 2.75) is 13.8 Å². The summed E-state index contributed by atoms with van der Waals surface area (Å²) in [6.07, 6.45) is 1.41. The lowest BCUT2D eigenvalue weighted by molar-refractivity contribution is 0.100. The Kier molecular flexibility index (Phi) is 4.37. The molecule has 0 saturated carbocycles. The zero-order valence-electron chi connectivity index (χ0n) is 13.9. The Hall–Kier alpha value is -3.00. The number of nitrogens with zero attached hydrogens (tertiary/aromatic N) is 2. The molecule has 2 heterocycles. The van der Waals surface area contributed by atoms with Crippen molar-refractivity contribution in [1.29, 1.82) is 0 Å². The molecule has 3 N–H and O–H groups in total. The van der Waals surface area contributed by atoms with Crippen LogP contribution in [0.3, 0.4) is 0 Å². The van der Waals surface area contributed by atoms with E-state index in [1.54, 1.807) is 19.1 Å². The Morgan fingerprint density at radius 3 is 2.72 bits per heavy atom. The van der Waals surface area contributed by atoms with Crippen LogP contribution in [0.15, 0.2) is 24.4 Å². The number of methoxy groups -OCH3 is 1. The van der Waals surface area contributed by atoms with Crippen molar-refractivity contribution in [3.05, 3.63) is 46.2 Å². The van der Waals surface area contributed by atoms with E-state index < -0.39 is 11.8 Å². The number of nitrogens with two attached hydrogens (primary N) is 1. The summed E-state index contributed by atoms with van der Waals surface area (Å²) in [5, 5.41) is 3.55. The van der Waals surface area contributed by atoms with E-state index in [1.165, 1.54) is 30.7 Å². The van der Waals surface area contributed by atoms with Crippen LogP contribution in [0.1, 0.15) is 31.4 Å². The molecule has 0 aliphatic rings. The van der Waals surface area contributed by atoms with Gasteiger partial charge >= 0.3 is 0 Å². The van der Waals surface area contributed by atoms with Crippen molar-refractivity contribution in [2.24, 2.45) is 5.73 Å². The van der Waals surface area contributed by atoms with Gasteiger partial charge in [-0.3, -0.25) is 14.6 Å². The second-order valence-electron chi connectivity index (χ2n) is 5.41. The third-order valence-corrected chi connectivity index (χ3v) is 4.63. The number of rotatable bonds is 4. The molecule has 0 spiro atoms. The van der Waals surface area contributed by atoms with Gasteiger partial charge in [-0.2, -0.15) is 0 Å². The summed E-state index contributed by atoms with van der Waals surface area (Å²) in [7, 11) is 1.49. The average molecular weight is 356 g/mol. The largest absolute Gasteiger partial charge is 0.496 e. The number of aromatic nitrogens is 2. The molecule has 2 amide bonds. The average Bonchev–Trinajstić information content (AvgIpc) is 2.95. The maximum Gasteiger partial charge on any atom is 0.261 e. The number of primary amides is 1. The van der Waals surface area contributed by atoms with Gasteiger partial charge in [0.05, 0.1) is 39.8 Å². The summed E-state index contributed by atoms with van der Waals surface area (Å²) < 4.78 is 6.05. The zero-order valence-corrected chi connectivity index (χ0v) is 14.7. The molecule has 2 aromatic heterocycles. The van der Waals surface area contributed by atoms with E-state index in [1.807, 2.05) is 6.92 Å². The van der Waals surface area contributed by atoms with Crippen LogP contribution in [-0.2, 0) is 0 Å². The monoisotopic (exact) mass is 356 g/mol. The first-order valence-corrected chi connectivity index (χ1v) is 8.24. The van der Waals surface area contributed by atoms with E-state index in [-0.39, 0.29) is 11.3 Å². The van der Waals surface area contributed by atoms with Gasteiger partial charge in [0.15, 0.2) is 0 Å². The Bertz CT molecular complexity index is 997. The van der Waals surface area contributed by atoms with E-state index in [0.29, 0.717) is 22.5 Å². The third kappa shape index (κ3) is 3.16. The van der Waals surface area contributed by atoms with Gasteiger partial charge in [0, 0.05) is 5.69 Å². The van der Waals surface area contributed by atoms with E-state index in [2.05, 4.69) is 15.3 Å². The first kappa shape index (κ1) is 16.8. The second-order valence-corrected chi connectivity index (χ2v) is 6.62. The number of carbonyl (C=O) groups excluding carboxylic acids is 2. The molecule has 1 aromatic carbocycles. The number of carbonyl (C=O) groups is 2. The lowest BCUT2D eigenvalue weighted by Gasteiger charge is -2.12. The number of thiazole rings is 1. The summed E-state index contributed by atoms with van der Waals surface area (Å²) in [6.45, 7) is 3.61. The summed E-state index contributed by atoms with van der Waals surface area (Å²) in [5.74, 6) is -0.631. The predicted molar refractivity (Wildman–Crippen MR) is 96.4 cm³/mol. The van der Waals surface area contributed by atoms with Crippen LogP contribution >= 0.6 is 11.3 Å². The number of ether oxygens (including phenoxy) is 1. The molecule has 0 bridgehead atoms. The summed E-state index contributed by atoms with van der Waals surface area (Å²) in [4.78, 5) is 33.0. The van der Waals surface area contributed by atoms with Crippen LogP contribution in [-0.4, -0.2) is 28.9 Å². The number of amides is 2. The molecule has 7 nitrogen and oxygen atoms in total. The van der Waals surface area contributed by atoms with E-state index >= 15 is 0 Å². The van der Waals surface area contributed by atoms with Gasteiger partial charge in [-0.05, 0) is 32.0 Å². The fourth-order valence-electron chi connectivity index (χ4n) is 2.52. The summed E-state index contributed by atoms with van der Waals surface area (Å²) >= 11 is 1.40. The van der Waals surface area contributed by atoms with E-state index in [0.717, 1.165) is 9.71 Å². The molecule has 128 valence electrons. The first-order chi connectivity index (χ1) is 11.9. The highest BCUT2D eigenvalue weighted by Crippen LogP contribution is 2.33. The molecular formula is C17H16N4O3S. The standard InChI is InChI=1S/C17H16N4O3S/c1-8-6-10(16(18)22)12(7-19-8)21-17(23)14-13(24-3)5-4-11-15(14)25-9(2)20-11/h4-7H,1-3H3,(H2,18,22)(H,21,23). The number of benzene rings is 1. The fourth-order valence-corrected chi connectivity index (χ4v) is 3.47. The van der Waals surface area contributed by atoms with E-state index in [9.17, 15) is 9.59 Å². The molecule has 8 heteroatoms. The smallest absolute Gasteiger partial charge is 0.261 e. The zero-order chi connectivity index (χ0) is 18.1. The van der Waals surface area contributed by atoms with Gasteiger partial charge in [-0.1, -0.05) is 0 Å². The molecule has 0 fully saturated rings. The van der Waals surface area contributed by atoms with Crippen LogP contribution in [0.4, 0.5) is 5.69 Å². The first-order valence-electron chi connectivity index (χ1n) is 7.42. The molecule has 3 rings (SSSR count). The highest BCUT2D eigenvalue weighted by atomic mass is 32.1. The topological polar surface area (TPSA) is 107 Å². The van der Waals surface area contributed by atoms with Gasteiger partial charge < -0.3 is 15.8 Å². The number of nitrogens with one attached hydrogen (secondary N) is 1. The maximum atomic E-state index is 12.9. The van der Waals surface area contributed by atoms with Crippen LogP contribution < -0.4 is 15.8 Å². The number of hydrogen-bond donors (Lipinski definition) is 2. The number of fused-ring (bicyclic) bond motifs is 1. The minimum atomic E-state index is -0.639. The summed E-state index contributed by atoms with van der Waals surface area (Å²) in [5.41, 5.74) is 7.56. The quantitative estimate of drug-likeness (QED) is 0.747. The summed E-state index contributed by atoms with van der Waals surface area (Å²) in [6, 6.07) is 5.03. The Labute approximate surface area is 147 Å². The number of pyridine rings is 1.